The summed E-state index contributed by atoms with van der Waals surface area (Å²) in [5.74, 6) is 0. The summed E-state index contributed by atoms with van der Waals surface area (Å²) in [5.41, 5.74) is 7.66. The summed E-state index contributed by atoms with van der Waals surface area (Å²) < 4.78 is 6.00. The standard InChI is InChI=1S/C12H19BrN2O/c1-16-8-4-2-3-7-15-12-6-5-10(13)9-11(12)14/h5-6,9,15H,2-4,7-8,14H2,1H3. The molecule has 0 radical (unpaired) electrons. The average molecular weight is 287 g/mol. The van der Waals surface area contributed by atoms with E-state index in [-0.39, 0.29) is 0 Å². The van der Waals surface area contributed by atoms with Crippen LogP contribution in [-0.2, 0) is 4.74 Å². The first-order chi connectivity index (χ1) is 7.74. The third-order valence-electron chi connectivity index (χ3n) is 2.35. The number of unbranched alkanes of at least 4 members (excludes halogenated alkanes) is 2. The van der Waals surface area contributed by atoms with Gasteiger partial charge in [0.15, 0.2) is 0 Å². The van der Waals surface area contributed by atoms with Gasteiger partial charge >= 0.3 is 0 Å². The van der Waals surface area contributed by atoms with E-state index >= 15 is 0 Å². The topological polar surface area (TPSA) is 47.3 Å². The number of rotatable bonds is 7. The minimum Gasteiger partial charge on any atom is -0.397 e. The molecule has 0 fully saturated rings. The van der Waals surface area contributed by atoms with Gasteiger partial charge in [-0.15, -0.1) is 0 Å². The normalized spacial score (nSPS) is 10.4. The molecule has 0 bridgehead atoms. The fourth-order valence-corrected chi connectivity index (χ4v) is 1.84. The molecular weight excluding hydrogens is 268 g/mol. The summed E-state index contributed by atoms with van der Waals surface area (Å²) in [4.78, 5) is 0. The highest BCUT2D eigenvalue weighted by atomic mass is 79.9. The van der Waals surface area contributed by atoms with E-state index in [0.29, 0.717) is 0 Å². The van der Waals surface area contributed by atoms with Crippen LogP contribution in [0.25, 0.3) is 0 Å². The zero-order valence-electron chi connectivity index (χ0n) is 9.63. The lowest BCUT2D eigenvalue weighted by molar-refractivity contribution is 0.192. The molecule has 3 nitrogen and oxygen atoms in total. The Hall–Kier alpha value is -0.740. The van der Waals surface area contributed by atoms with Gasteiger partial charge in [0.1, 0.15) is 0 Å². The zero-order valence-corrected chi connectivity index (χ0v) is 11.2. The van der Waals surface area contributed by atoms with Gasteiger partial charge in [0.05, 0.1) is 11.4 Å². The molecule has 0 saturated heterocycles. The van der Waals surface area contributed by atoms with Crippen LogP contribution in [0.1, 0.15) is 19.3 Å². The Kier molecular flexibility index (Phi) is 6.26. The molecule has 3 N–H and O–H groups in total. The van der Waals surface area contributed by atoms with Crippen LogP contribution in [0.3, 0.4) is 0 Å². The van der Waals surface area contributed by atoms with E-state index in [1.807, 2.05) is 18.2 Å². The third-order valence-corrected chi connectivity index (χ3v) is 2.85. The van der Waals surface area contributed by atoms with E-state index in [1.54, 1.807) is 7.11 Å². The molecule has 0 unspecified atom stereocenters. The number of anilines is 2. The van der Waals surface area contributed by atoms with E-state index in [2.05, 4.69) is 21.2 Å². The maximum atomic E-state index is 5.87. The number of nitrogen functional groups attached to an aromatic ring is 1. The quantitative estimate of drug-likeness (QED) is 0.597. The van der Waals surface area contributed by atoms with Gasteiger partial charge < -0.3 is 15.8 Å². The third kappa shape index (κ3) is 4.86. The number of halogens is 1. The summed E-state index contributed by atoms with van der Waals surface area (Å²) in [5, 5.41) is 3.33. The minimum atomic E-state index is 0.784. The van der Waals surface area contributed by atoms with Gasteiger partial charge in [0, 0.05) is 24.7 Å². The van der Waals surface area contributed by atoms with Gasteiger partial charge in [-0.05, 0) is 37.5 Å². The van der Waals surface area contributed by atoms with Crippen molar-refractivity contribution in [2.24, 2.45) is 0 Å². The monoisotopic (exact) mass is 286 g/mol. The largest absolute Gasteiger partial charge is 0.397 e. The van der Waals surface area contributed by atoms with Crippen LogP contribution in [-0.4, -0.2) is 20.3 Å². The molecule has 1 rings (SSSR count). The highest BCUT2D eigenvalue weighted by molar-refractivity contribution is 9.10. The predicted octanol–water partition coefficient (Wildman–Crippen LogP) is 3.26. The van der Waals surface area contributed by atoms with Crippen molar-refractivity contribution in [2.75, 3.05) is 31.3 Å². The summed E-state index contributed by atoms with van der Waals surface area (Å²) >= 11 is 3.38. The molecule has 0 aliphatic rings. The van der Waals surface area contributed by atoms with Crippen molar-refractivity contribution in [3.8, 4) is 0 Å². The van der Waals surface area contributed by atoms with Gasteiger partial charge in [-0.3, -0.25) is 0 Å². The first-order valence-corrected chi connectivity index (χ1v) is 6.31. The molecule has 90 valence electrons. The van der Waals surface area contributed by atoms with E-state index in [1.165, 1.54) is 6.42 Å². The molecule has 0 aliphatic heterocycles. The van der Waals surface area contributed by atoms with Crippen molar-refractivity contribution in [3.63, 3.8) is 0 Å². The summed E-state index contributed by atoms with van der Waals surface area (Å²) in [6.07, 6.45) is 3.43. The maximum Gasteiger partial charge on any atom is 0.0574 e. The molecule has 0 heterocycles. The Bertz CT molecular complexity index is 318. The molecule has 0 aliphatic carbocycles. The smallest absolute Gasteiger partial charge is 0.0574 e. The number of benzene rings is 1. The van der Waals surface area contributed by atoms with Crippen molar-refractivity contribution in [1.82, 2.24) is 0 Å². The Labute approximate surface area is 105 Å². The second kappa shape index (κ2) is 7.52. The van der Waals surface area contributed by atoms with Crippen LogP contribution in [0.15, 0.2) is 22.7 Å². The second-order valence-corrected chi connectivity index (χ2v) is 4.63. The minimum absolute atomic E-state index is 0.784. The van der Waals surface area contributed by atoms with Crippen molar-refractivity contribution in [1.29, 1.82) is 0 Å². The lowest BCUT2D eigenvalue weighted by Gasteiger charge is -2.09. The van der Waals surface area contributed by atoms with E-state index in [0.717, 1.165) is 41.8 Å². The van der Waals surface area contributed by atoms with Crippen molar-refractivity contribution in [3.05, 3.63) is 22.7 Å². The number of nitrogens with one attached hydrogen (secondary N) is 1. The highest BCUT2D eigenvalue weighted by Crippen LogP contribution is 2.22. The van der Waals surface area contributed by atoms with Crippen LogP contribution in [0.5, 0.6) is 0 Å². The second-order valence-electron chi connectivity index (χ2n) is 3.71. The molecule has 0 amide bonds. The van der Waals surface area contributed by atoms with Gasteiger partial charge in [-0.1, -0.05) is 15.9 Å². The molecule has 0 saturated carbocycles. The lowest BCUT2D eigenvalue weighted by Crippen LogP contribution is -2.04. The molecule has 0 spiro atoms. The van der Waals surface area contributed by atoms with E-state index < -0.39 is 0 Å². The average Bonchev–Trinajstić information content (AvgIpc) is 2.26. The number of hydrogen-bond acceptors (Lipinski definition) is 3. The SMILES string of the molecule is COCCCCCNc1ccc(Br)cc1N. The lowest BCUT2D eigenvalue weighted by atomic mass is 10.2. The van der Waals surface area contributed by atoms with E-state index in [4.69, 9.17) is 10.5 Å². The Morgan fingerprint density at radius 1 is 1.31 bits per heavy atom. The fourth-order valence-electron chi connectivity index (χ4n) is 1.47. The Morgan fingerprint density at radius 2 is 2.12 bits per heavy atom. The molecule has 16 heavy (non-hydrogen) atoms. The van der Waals surface area contributed by atoms with Crippen LogP contribution >= 0.6 is 15.9 Å². The number of nitrogens with two attached hydrogens (primary N) is 1. The van der Waals surface area contributed by atoms with Crippen molar-refractivity contribution >= 4 is 27.3 Å². The van der Waals surface area contributed by atoms with Crippen LogP contribution in [0.4, 0.5) is 11.4 Å². The molecule has 1 aromatic carbocycles. The number of ether oxygens (including phenoxy) is 1. The van der Waals surface area contributed by atoms with Gasteiger partial charge in [-0.25, -0.2) is 0 Å². The van der Waals surface area contributed by atoms with Crippen LogP contribution in [0.2, 0.25) is 0 Å². The summed E-state index contributed by atoms with van der Waals surface area (Å²) in [7, 11) is 1.74. The maximum absolute atomic E-state index is 5.87. The van der Waals surface area contributed by atoms with Gasteiger partial charge in [-0.2, -0.15) is 0 Å². The predicted molar refractivity (Wildman–Crippen MR) is 72.8 cm³/mol. The number of hydrogen-bond donors (Lipinski definition) is 2. The molecule has 0 aromatic heterocycles. The first-order valence-electron chi connectivity index (χ1n) is 5.52. The van der Waals surface area contributed by atoms with Gasteiger partial charge in [0.25, 0.3) is 0 Å². The summed E-state index contributed by atoms with van der Waals surface area (Å²) in [6.45, 7) is 1.80. The molecule has 0 atom stereocenters. The van der Waals surface area contributed by atoms with Crippen molar-refractivity contribution < 1.29 is 4.74 Å². The Balaban J connectivity index is 2.21. The highest BCUT2D eigenvalue weighted by Gasteiger charge is 1.98. The zero-order chi connectivity index (χ0) is 11.8. The number of methoxy groups -OCH3 is 1. The first kappa shape index (κ1) is 13.3. The van der Waals surface area contributed by atoms with Crippen LogP contribution in [0, 0.1) is 0 Å². The fraction of sp³-hybridized carbons (Fsp3) is 0.500. The molecular formula is C12H19BrN2O. The molecule has 1 aromatic rings. The Morgan fingerprint density at radius 3 is 2.81 bits per heavy atom. The van der Waals surface area contributed by atoms with Gasteiger partial charge in [0.2, 0.25) is 0 Å². The van der Waals surface area contributed by atoms with E-state index in [9.17, 15) is 0 Å². The van der Waals surface area contributed by atoms with Crippen molar-refractivity contribution in [2.45, 2.75) is 19.3 Å². The summed E-state index contributed by atoms with van der Waals surface area (Å²) in [6, 6.07) is 5.89. The van der Waals surface area contributed by atoms with Crippen LogP contribution < -0.4 is 11.1 Å². The molecule has 4 heteroatoms.